The van der Waals surface area contributed by atoms with Crippen LogP contribution in [0.4, 0.5) is 0 Å². The maximum Gasteiger partial charge on any atom is 0.106 e. The zero-order chi connectivity index (χ0) is 13.2. The normalized spacial score (nSPS) is 25.4. The molecule has 0 aliphatic carbocycles. The zero-order valence-electron chi connectivity index (χ0n) is 11.9. The van der Waals surface area contributed by atoms with Crippen LogP contribution in [0.1, 0.15) is 46.4 Å². The lowest BCUT2D eigenvalue weighted by Gasteiger charge is -2.27. The number of hydrogen-bond acceptors (Lipinski definition) is 3. The number of aryl methyl sites for hydroxylation is 1. The average Bonchev–Trinajstić information content (AvgIpc) is 2.79. The largest absolute Gasteiger partial charge is 0.368 e. The second kappa shape index (κ2) is 5.02. The minimum atomic E-state index is -0.0752. The first kappa shape index (κ1) is 13.6. The van der Waals surface area contributed by atoms with E-state index in [1.165, 1.54) is 0 Å². The SMILES string of the molecule is CC1(C)CC(NCCCc2ncc[nH]2)C(C)(C)O1. The highest BCUT2D eigenvalue weighted by Gasteiger charge is 2.45. The van der Waals surface area contributed by atoms with Crippen molar-refractivity contribution in [3.8, 4) is 0 Å². The quantitative estimate of drug-likeness (QED) is 0.789. The molecule has 4 nitrogen and oxygen atoms in total. The van der Waals surface area contributed by atoms with Crippen molar-refractivity contribution in [1.29, 1.82) is 0 Å². The van der Waals surface area contributed by atoms with E-state index < -0.39 is 0 Å². The van der Waals surface area contributed by atoms with Crippen LogP contribution in [0.2, 0.25) is 0 Å². The van der Waals surface area contributed by atoms with Gasteiger partial charge in [-0.15, -0.1) is 0 Å². The molecule has 2 heterocycles. The van der Waals surface area contributed by atoms with Gasteiger partial charge in [-0.3, -0.25) is 0 Å². The van der Waals surface area contributed by atoms with Crippen molar-refractivity contribution in [2.24, 2.45) is 0 Å². The van der Waals surface area contributed by atoms with Gasteiger partial charge in [0.1, 0.15) is 5.82 Å². The molecule has 18 heavy (non-hydrogen) atoms. The fraction of sp³-hybridized carbons (Fsp3) is 0.786. The molecule has 0 saturated carbocycles. The molecule has 0 spiro atoms. The van der Waals surface area contributed by atoms with Gasteiger partial charge in [0.15, 0.2) is 0 Å². The van der Waals surface area contributed by atoms with Gasteiger partial charge < -0.3 is 15.0 Å². The van der Waals surface area contributed by atoms with Crippen LogP contribution in [0.3, 0.4) is 0 Å². The molecule has 0 radical (unpaired) electrons. The summed E-state index contributed by atoms with van der Waals surface area (Å²) in [7, 11) is 0. The van der Waals surface area contributed by atoms with Gasteiger partial charge in [0.2, 0.25) is 0 Å². The number of H-pyrrole nitrogens is 1. The van der Waals surface area contributed by atoms with Crippen molar-refractivity contribution >= 4 is 0 Å². The van der Waals surface area contributed by atoms with Crippen LogP contribution < -0.4 is 5.32 Å². The topological polar surface area (TPSA) is 49.9 Å². The highest BCUT2D eigenvalue weighted by molar-refractivity contribution is 4.99. The number of imidazole rings is 1. The fourth-order valence-electron chi connectivity index (χ4n) is 2.85. The van der Waals surface area contributed by atoms with E-state index in [2.05, 4.69) is 43.0 Å². The number of ether oxygens (including phenoxy) is 1. The summed E-state index contributed by atoms with van der Waals surface area (Å²) in [6.07, 6.45) is 6.84. The van der Waals surface area contributed by atoms with E-state index in [4.69, 9.17) is 4.74 Å². The number of aromatic amines is 1. The predicted octanol–water partition coefficient (Wildman–Crippen LogP) is 2.28. The third-order valence-corrected chi connectivity index (χ3v) is 3.61. The third-order valence-electron chi connectivity index (χ3n) is 3.61. The fourth-order valence-corrected chi connectivity index (χ4v) is 2.85. The summed E-state index contributed by atoms with van der Waals surface area (Å²) in [6, 6.07) is 0.434. The highest BCUT2D eigenvalue weighted by Crippen LogP contribution is 2.37. The summed E-state index contributed by atoms with van der Waals surface area (Å²) in [6.45, 7) is 9.69. The Hall–Kier alpha value is -0.870. The second-order valence-electron chi connectivity index (χ2n) is 6.32. The van der Waals surface area contributed by atoms with Crippen molar-refractivity contribution in [2.75, 3.05) is 6.54 Å². The standard InChI is InChI=1S/C14H25N3O/c1-13(2)10-11(14(3,4)18-13)15-7-5-6-12-16-8-9-17-12/h8-9,11,15H,5-7,10H2,1-4H3,(H,16,17). The molecule has 4 heteroatoms. The molecule has 1 fully saturated rings. The van der Waals surface area contributed by atoms with Gasteiger partial charge in [-0.05, 0) is 47.1 Å². The van der Waals surface area contributed by atoms with Crippen molar-refractivity contribution in [1.82, 2.24) is 15.3 Å². The van der Waals surface area contributed by atoms with Crippen molar-refractivity contribution < 1.29 is 4.74 Å². The van der Waals surface area contributed by atoms with Gasteiger partial charge in [-0.25, -0.2) is 4.98 Å². The van der Waals surface area contributed by atoms with E-state index in [0.717, 1.165) is 31.6 Å². The van der Waals surface area contributed by atoms with Crippen LogP contribution in [0, 0.1) is 0 Å². The molecule has 1 aromatic rings. The van der Waals surface area contributed by atoms with Gasteiger partial charge in [0.25, 0.3) is 0 Å². The Morgan fingerprint density at radius 2 is 2.22 bits per heavy atom. The van der Waals surface area contributed by atoms with E-state index in [1.54, 1.807) is 6.20 Å². The number of aromatic nitrogens is 2. The second-order valence-corrected chi connectivity index (χ2v) is 6.32. The van der Waals surface area contributed by atoms with Crippen LogP contribution in [-0.2, 0) is 11.2 Å². The van der Waals surface area contributed by atoms with E-state index in [0.29, 0.717) is 6.04 Å². The van der Waals surface area contributed by atoms with Crippen LogP contribution in [0.5, 0.6) is 0 Å². The predicted molar refractivity (Wildman–Crippen MR) is 72.6 cm³/mol. The van der Waals surface area contributed by atoms with E-state index in [9.17, 15) is 0 Å². The summed E-state index contributed by atoms with van der Waals surface area (Å²) in [5, 5.41) is 3.62. The Kier molecular flexibility index (Phi) is 3.78. The van der Waals surface area contributed by atoms with Crippen LogP contribution in [0.15, 0.2) is 12.4 Å². The average molecular weight is 251 g/mol. The molecule has 102 valence electrons. The number of nitrogens with zero attached hydrogens (tertiary/aromatic N) is 1. The monoisotopic (exact) mass is 251 g/mol. The lowest BCUT2D eigenvalue weighted by atomic mass is 9.94. The van der Waals surface area contributed by atoms with Crippen molar-refractivity contribution in [3.05, 3.63) is 18.2 Å². The maximum atomic E-state index is 6.07. The molecule has 1 saturated heterocycles. The van der Waals surface area contributed by atoms with Crippen molar-refractivity contribution in [2.45, 2.75) is 64.2 Å². The molecule has 0 aromatic carbocycles. The maximum absolute atomic E-state index is 6.07. The summed E-state index contributed by atoms with van der Waals surface area (Å²) < 4.78 is 6.07. The molecule has 1 aromatic heterocycles. The van der Waals surface area contributed by atoms with Crippen LogP contribution in [0.25, 0.3) is 0 Å². The molecule has 1 aliphatic heterocycles. The number of rotatable bonds is 5. The van der Waals surface area contributed by atoms with Gasteiger partial charge in [0, 0.05) is 24.9 Å². The highest BCUT2D eigenvalue weighted by atomic mass is 16.5. The first-order chi connectivity index (χ1) is 8.39. The Balaban J connectivity index is 1.73. The van der Waals surface area contributed by atoms with E-state index >= 15 is 0 Å². The smallest absolute Gasteiger partial charge is 0.106 e. The number of hydrogen-bond donors (Lipinski definition) is 2. The molecule has 1 unspecified atom stereocenters. The van der Waals surface area contributed by atoms with E-state index in [-0.39, 0.29) is 11.2 Å². The van der Waals surface area contributed by atoms with Gasteiger partial charge in [-0.1, -0.05) is 0 Å². The molecular weight excluding hydrogens is 226 g/mol. The molecule has 1 aliphatic rings. The van der Waals surface area contributed by atoms with Gasteiger partial charge in [-0.2, -0.15) is 0 Å². The van der Waals surface area contributed by atoms with Crippen LogP contribution in [-0.4, -0.2) is 33.8 Å². The summed E-state index contributed by atoms with van der Waals surface area (Å²) in [4.78, 5) is 7.36. The Morgan fingerprint density at radius 1 is 1.44 bits per heavy atom. The third kappa shape index (κ3) is 3.33. The molecular formula is C14H25N3O. The Bertz CT molecular complexity index is 370. The molecule has 0 bridgehead atoms. The Morgan fingerprint density at radius 3 is 2.78 bits per heavy atom. The minimum Gasteiger partial charge on any atom is -0.368 e. The minimum absolute atomic E-state index is 0.0117. The lowest BCUT2D eigenvalue weighted by molar-refractivity contribution is -0.0697. The first-order valence-corrected chi connectivity index (χ1v) is 6.81. The summed E-state index contributed by atoms with van der Waals surface area (Å²) >= 11 is 0. The van der Waals surface area contributed by atoms with Gasteiger partial charge >= 0.3 is 0 Å². The lowest BCUT2D eigenvalue weighted by Crippen LogP contribution is -2.43. The summed E-state index contributed by atoms with van der Waals surface area (Å²) in [5.41, 5.74) is -0.0869. The van der Waals surface area contributed by atoms with Crippen LogP contribution >= 0.6 is 0 Å². The zero-order valence-corrected chi connectivity index (χ0v) is 11.9. The molecule has 0 amide bonds. The summed E-state index contributed by atoms with van der Waals surface area (Å²) in [5.74, 6) is 1.07. The molecule has 2 N–H and O–H groups in total. The molecule has 2 rings (SSSR count). The number of nitrogens with one attached hydrogen (secondary N) is 2. The van der Waals surface area contributed by atoms with E-state index in [1.807, 2.05) is 6.20 Å². The first-order valence-electron chi connectivity index (χ1n) is 6.81. The molecule has 1 atom stereocenters. The van der Waals surface area contributed by atoms with Crippen molar-refractivity contribution in [3.63, 3.8) is 0 Å². The van der Waals surface area contributed by atoms with Gasteiger partial charge in [0.05, 0.1) is 11.2 Å². The Labute approximate surface area is 110 Å².